The molecule has 3 aromatic rings. The molecule has 0 aliphatic carbocycles. The van der Waals surface area contributed by atoms with Gasteiger partial charge < -0.3 is 11.5 Å². The number of rotatable bonds is 2. The summed E-state index contributed by atoms with van der Waals surface area (Å²) in [6, 6.07) is 15.2. The van der Waals surface area contributed by atoms with Crippen molar-refractivity contribution in [3.05, 3.63) is 48.0 Å². The largest absolute Gasteiger partial charge is 0.383 e. The lowest BCUT2D eigenvalue weighted by atomic mass is 10.2. The van der Waals surface area contributed by atoms with E-state index >= 15 is 0 Å². The average Bonchev–Trinajstić information content (AvgIpc) is 2.47. The minimum atomic E-state index is 0.167. The maximum atomic E-state index is 8.82. The SMILES string of the molecule is N#Cc1ccc(Sc2cccc3nc(N)nc(N)c23)cc1. The van der Waals surface area contributed by atoms with Crippen molar-refractivity contribution in [2.45, 2.75) is 9.79 Å². The van der Waals surface area contributed by atoms with Crippen molar-refractivity contribution in [1.29, 1.82) is 5.26 Å². The van der Waals surface area contributed by atoms with E-state index in [4.69, 9.17) is 16.7 Å². The number of hydrogen-bond acceptors (Lipinski definition) is 6. The van der Waals surface area contributed by atoms with Gasteiger partial charge >= 0.3 is 0 Å². The van der Waals surface area contributed by atoms with Gasteiger partial charge in [0.25, 0.3) is 0 Å². The number of nitrogens with two attached hydrogens (primary N) is 2. The van der Waals surface area contributed by atoms with Crippen molar-refractivity contribution in [3.8, 4) is 6.07 Å². The van der Waals surface area contributed by atoms with Crippen molar-refractivity contribution in [1.82, 2.24) is 9.97 Å². The summed E-state index contributed by atoms with van der Waals surface area (Å²) in [4.78, 5) is 10.2. The smallest absolute Gasteiger partial charge is 0.222 e. The molecule has 4 N–H and O–H groups in total. The monoisotopic (exact) mass is 293 g/mol. The summed E-state index contributed by atoms with van der Waals surface area (Å²) >= 11 is 1.55. The van der Waals surface area contributed by atoms with Crippen LogP contribution in [0.25, 0.3) is 10.9 Å². The van der Waals surface area contributed by atoms with Gasteiger partial charge in [0.2, 0.25) is 5.95 Å². The van der Waals surface area contributed by atoms with Gasteiger partial charge in [-0.1, -0.05) is 17.8 Å². The van der Waals surface area contributed by atoms with Crippen LogP contribution in [0.15, 0.2) is 52.3 Å². The number of nitrogens with zero attached hydrogens (tertiary/aromatic N) is 3. The zero-order valence-corrected chi connectivity index (χ0v) is 11.8. The molecule has 0 unspecified atom stereocenters. The third-order valence-electron chi connectivity index (χ3n) is 2.94. The van der Waals surface area contributed by atoms with Gasteiger partial charge in [0.15, 0.2) is 0 Å². The topological polar surface area (TPSA) is 102 Å². The molecule has 0 saturated heterocycles. The molecule has 0 saturated carbocycles. The van der Waals surface area contributed by atoms with Crippen molar-refractivity contribution in [2.75, 3.05) is 11.5 Å². The van der Waals surface area contributed by atoms with Crippen LogP contribution in [0.1, 0.15) is 5.56 Å². The van der Waals surface area contributed by atoms with E-state index in [1.165, 1.54) is 0 Å². The van der Waals surface area contributed by atoms with Gasteiger partial charge in [-0.15, -0.1) is 0 Å². The molecule has 0 radical (unpaired) electrons. The highest BCUT2D eigenvalue weighted by molar-refractivity contribution is 7.99. The lowest BCUT2D eigenvalue weighted by molar-refractivity contribution is 1.23. The molecule has 3 rings (SSSR count). The standard InChI is InChI=1S/C15H11N5S/c16-8-9-4-6-10(7-5-9)21-12-3-1-2-11-13(12)14(17)20-15(18)19-11/h1-7H,(H4,17,18,19,20). The van der Waals surface area contributed by atoms with E-state index in [0.717, 1.165) is 20.7 Å². The quantitative estimate of drug-likeness (QED) is 0.753. The van der Waals surface area contributed by atoms with Gasteiger partial charge in [-0.2, -0.15) is 10.2 Å². The summed E-state index contributed by atoms with van der Waals surface area (Å²) in [5, 5.41) is 9.61. The van der Waals surface area contributed by atoms with Crippen LogP contribution < -0.4 is 11.5 Å². The second-order valence-corrected chi connectivity index (χ2v) is 5.47. The summed E-state index contributed by atoms with van der Waals surface area (Å²) in [6.07, 6.45) is 0. The fourth-order valence-corrected chi connectivity index (χ4v) is 2.99. The van der Waals surface area contributed by atoms with Gasteiger partial charge in [-0.25, -0.2) is 4.98 Å². The van der Waals surface area contributed by atoms with E-state index in [2.05, 4.69) is 16.0 Å². The van der Waals surface area contributed by atoms with E-state index in [1.54, 1.807) is 23.9 Å². The van der Waals surface area contributed by atoms with Crippen LogP contribution in [0.3, 0.4) is 0 Å². The summed E-state index contributed by atoms with van der Waals surface area (Å²) in [7, 11) is 0. The Hall–Kier alpha value is -2.78. The number of nitriles is 1. The minimum Gasteiger partial charge on any atom is -0.383 e. The summed E-state index contributed by atoms with van der Waals surface area (Å²) in [5.74, 6) is 0.537. The summed E-state index contributed by atoms with van der Waals surface area (Å²) in [6.45, 7) is 0. The van der Waals surface area contributed by atoms with E-state index in [1.807, 2.05) is 30.3 Å². The zero-order valence-electron chi connectivity index (χ0n) is 10.9. The molecule has 21 heavy (non-hydrogen) atoms. The molecule has 0 spiro atoms. The molecule has 0 atom stereocenters. The molecule has 0 amide bonds. The van der Waals surface area contributed by atoms with Crippen molar-refractivity contribution >= 4 is 34.4 Å². The number of anilines is 2. The zero-order chi connectivity index (χ0) is 14.8. The number of hydrogen-bond donors (Lipinski definition) is 2. The lowest BCUT2D eigenvalue weighted by Gasteiger charge is -2.08. The van der Waals surface area contributed by atoms with Crippen LogP contribution in [-0.2, 0) is 0 Å². The Balaban J connectivity index is 2.06. The Morgan fingerprint density at radius 2 is 1.76 bits per heavy atom. The number of aromatic nitrogens is 2. The highest BCUT2D eigenvalue weighted by atomic mass is 32.2. The van der Waals surface area contributed by atoms with E-state index in [0.29, 0.717) is 11.4 Å². The molecule has 0 fully saturated rings. The van der Waals surface area contributed by atoms with Crippen LogP contribution >= 0.6 is 11.8 Å². The van der Waals surface area contributed by atoms with Crippen molar-refractivity contribution < 1.29 is 0 Å². The van der Waals surface area contributed by atoms with Gasteiger partial charge in [-0.3, -0.25) is 0 Å². The molecular weight excluding hydrogens is 282 g/mol. The fraction of sp³-hybridized carbons (Fsp3) is 0. The van der Waals surface area contributed by atoms with Crippen LogP contribution in [-0.4, -0.2) is 9.97 Å². The first-order valence-electron chi connectivity index (χ1n) is 6.17. The normalized spacial score (nSPS) is 10.4. The average molecular weight is 293 g/mol. The molecular formula is C15H11N5S. The maximum Gasteiger partial charge on any atom is 0.222 e. The predicted molar refractivity (Wildman–Crippen MR) is 83.6 cm³/mol. The molecule has 6 heteroatoms. The second-order valence-electron chi connectivity index (χ2n) is 4.36. The highest BCUT2D eigenvalue weighted by Gasteiger charge is 2.09. The Kier molecular flexibility index (Phi) is 3.34. The van der Waals surface area contributed by atoms with Crippen LogP contribution in [0, 0.1) is 11.3 Å². The van der Waals surface area contributed by atoms with Crippen LogP contribution in [0.2, 0.25) is 0 Å². The number of fused-ring (bicyclic) bond motifs is 1. The second kappa shape index (κ2) is 5.31. The molecule has 2 aromatic carbocycles. The maximum absolute atomic E-state index is 8.82. The number of benzene rings is 2. The van der Waals surface area contributed by atoms with Crippen molar-refractivity contribution in [3.63, 3.8) is 0 Å². The molecule has 1 heterocycles. The third kappa shape index (κ3) is 2.59. The van der Waals surface area contributed by atoms with E-state index in [9.17, 15) is 0 Å². The van der Waals surface area contributed by atoms with E-state index < -0.39 is 0 Å². The van der Waals surface area contributed by atoms with Gasteiger partial charge in [0.1, 0.15) is 5.82 Å². The summed E-state index contributed by atoms with van der Waals surface area (Å²) < 4.78 is 0. The third-order valence-corrected chi connectivity index (χ3v) is 4.01. The van der Waals surface area contributed by atoms with E-state index in [-0.39, 0.29) is 5.95 Å². The highest BCUT2D eigenvalue weighted by Crippen LogP contribution is 2.35. The first kappa shape index (κ1) is 13.2. The van der Waals surface area contributed by atoms with Gasteiger partial charge in [0.05, 0.1) is 22.5 Å². The first-order chi connectivity index (χ1) is 10.2. The molecule has 5 nitrogen and oxygen atoms in total. The molecule has 0 aliphatic rings. The Bertz CT molecular complexity index is 852. The molecule has 1 aromatic heterocycles. The predicted octanol–water partition coefficient (Wildman–Crippen LogP) is 2.82. The van der Waals surface area contributed by atoms with Crippen LogP contribution in [0.4, 0.5) is 11.8 Å². The Morgan fingerprint density at radius 3 is 2.48 bits per heavy atom. The number of nitrogen functional groups attached to an aromatic ring is 2. The van der Waals surface area contributed by atoms with Crippen LogP contribution in [0.5, 0.6) is 0 Å². The minimum absolute atomic E-state index is 0.167. The van der Waals surface area contributed by atoms with Crippen molar-refractivity contribution in [2.24, 2.45) is 0 Å². The Labute approximate surface area is 125 Å². The molecule has 102 valence electrons. The Morgan fingerprint density at radius 1 is 1.00 bits per heavy atom. The van der Waals surface area contributed by atoms with Gasteiger partial charge in [0, 0.05) is 9.79 Å². The summed E-state index contributed by atoms with van der Waals surface area (Å²) in [5.41, 5.74) is 12.9. The van der Waals surface area contributed by atoms with Gasteiger partial charge in [-0.05, 0) is 36.4 Å². The lowest BCUT2D eigenvalue weighted by Crippen LogP contribution is -2.01. The molecule has 0 aliphatic heterocycles. The fourth-order valence-electron chi connectivity index (χ4n) is 2.01. The first-order valence-corrected chi connectivity index (χ1v) is 6.99. The molecule has 0 bridgehead atoms.